The van der Waals surface area contributed by atoms with E-state index in [1.165, 1.54) is 28.7 Å². The van der Waals surface area contributed by atoms with Gasteiger partial charge in [-0.05, 0) is 49.1 Å². The van der Waals surface area contributed by atoms with Crippen LogP contribution in [0.5, 0.6) is 0 Å². The minimum Gasteiger partial charge on any atom is -0.305 e. The normalized spacial score (nSPS) is 12.4. The summed E-state index contributed by atoms with van der Waals surface area (Å²) in [4.78, 5) is 4.69. The standard InChI is InChI=1S/C19H26N2/c1-5-8-16-9-7-10-17(12-16)19(20-6-2)18-15(4)11-14(3)13-21-18/h7,9-13,19-20H,5-6,8H2,1-4H3. The summed E-state index contributed by atoms with van der Waals surface area (Å²) in [5.74, 6) is 0. The van der Waals surface area contributed by atoms with Crippen molar-refractivity contribution in [1.82, 2.24) is 10.3 Å². The highest BCUT2D eigenvalue weighted by atomic mass is 14.9. The molecule has 1 unspecified atom stereocenters. The molecule has 1 aromatic carbocycles. The van der Waals surface area contributed by atoms with E-state index in [-0.39, 0.29) is 6.04 Å². The lowest BCUT2D eigenvalue weighted by atomic mass is 9.96. The molecule has 2 aromatic rings. The van der Waals surface area contributed by atoms with Gasteiger partial charge in [0.1, 0.15) is 0 Å². The van der Waals surface area contributed by atoms with E-state index in [2.05, 4.69) is 68.3 Å². The molecule has 1 N–H and O–H groups in total. The molecular weight excluding hydrogens is 256 g/mol. The Labute approximate surface area is 128 Å². The Morgan fingerprint density at radius 3 is 2.62 bits per heavy atom. The summed E-state index contributed by atoms with van der Waals surface area (Å²) in [5.41, 5.74) is 6.31. The number of benzene rings is 1. The summed E-state index contributed by atoms with van der Waals surface area (Å²) in [7, 11) is 0. The molecule has 1 aromatic heterocycles. The fourth-order valence-corrected chi connectivity index (χ4v) is 2.82. The van der Waals surface area contributed by atoms with E-state index < -0.39 is 0 Å². The Hall–Kier alpha value is -1.67. The van der Waals surface area contributed by atoms with Gasteiger partial charge in [0.25, 0.3) is 0 Å². The molecule has 0 aliphatic heterocycles. The quantitative estimate of drug-likeness (QED) is 0.852. The molecule has 1 atom stereocenters. The summed E-state index contributed by atoms with van der Waals surface area (Å²) in [6.07, 6.45) is 4.27. The Kier molecular flexibility index (Phi) is 5.51. The number of aryl methyl sites for hydroxylation is 3. The van der Waals surface area contributed by atoms with Crippen LogP contribution in [0.15, 0.2) is 36.5 Å². The molecule has 21 heavy (non-hydrogen) atoms. The van der Waals surface area contributed by atoms with Crippen molar-refractivity contribution < 1.29 is 0 Å². The zero-order valence-corrected chi connectivity index (χ0v) is 13.6. The van der Waals surface area contributed by atoms with Gasteiger partial charge in [0.15, 0.2) is 0 Å². The molecular formula is C19H26N2. The van der Waals surface area contributed by atoms with Gasteiger partial charge in [-0.1, -0.05) is 50.6 Å². The van der Waals surface area contributed by atoms with Gasteiger partial charge in [-0.3, -0.25) is 4.98 Å². The van der Waals surface area contributed by atoms with Crippen LogP contribution in [0.25, 0.3) is 0 Å². The van der Waals surface area contributed by atoms with Crippen LogP contribution in [0.3, 0.4) is 0 Å². The lowest BCUT2D eigenvalue weighted by Gasteiger charge is -2.21. The van der Waals surface area contributed by atoms with Gasteiger partial charge in [0.05, 0.1) is 11.7 Å². The number of nitrogens with one attached hydrogen (secondary N) is 1. The number of rotatable bonds is 6. The van der Waals surface area contributed by atoms with Gasteiger partial charge in [-0.25, -0.2) is 0 Å². The van der Waals surface area contributed by atoms with Crippen molar-refractivity contribution in [3.05, 3.63) is 64.5 Å². The second-order valence-corrected chi connectivity index (χ2v) is 5.70. The molecule has 1 heterocycles. The molecule has 0 spiro atoms. The van der Waals surface area contributed by atoms with Crippen LogP contribution in [0, 0.1) is 13.8 Å². The van der Waals surface area contributed by atoms with Gasteiger partial charge >= 0.3 is 0 Å². The number of aromatic nitrogens is 1. The maximum absolute atomic E-state index is 4.69. The molecule has 2 rings (SSSR count). The summed E-state index contributed by atoms with van der Waals surface area (Å²) in [6, 6.07) is 11.3. The molecule has 0 aliphatic carbocycles. The largest absolute Gasteiger partial charge is 0.305 e. The Bertz CT molecular complexity index is 590. The molecule has 0 bridgehead atoms. The van der Waals surface area contributed by atoms with Crippen molar-refractivity contribution in [3.8, 4) is 0 Å². The smallest absolute Gasteiger partial charge is 0.0754 e. The molecule has 0 saturated carbocycles. The predicted octanol–water partition coefficient (Wildman–Crippen LogP) is 4.35. The van der Waals surface area contributed by atoms with E-state index in [4.69, 9.17) is 0 Å². The highest BCUT2D eigenvalue weighted by molar-refractivity contribution is 5.35. The summed E-state index contributed by atoms with van der Waals surface area (Å²) in [5, 5.41) is 3.58. The first-order chi connectivity index (χ1) is 10.2. The Morgan fingerprint density at radius 1 is 1.14 bits per heavy atom. The first-order valence-corrected chi connectivity index (χ1v) is 7.91. The lowest BCUT2D eigenvalue weighted by molar-refractivity contribution is 0.611. The van der Waals surface area contributed by atoms with E-state index in [1.807, 2.05) is 6.20 Å². The van der Waals surface area contributed by atoms with Crippen molar-refractivity contribution in [1.29, 1.82) is 0 Å². The SMILES string of the molecule is CCCc1cccc(C(NCC)c2ncc(C)cc2C)c1. The molecule has 112 valence electrons. The molecule has 0 amide bonds. The van der Waals surface area contributed by atoms with E-state index in [0.29, 0.717) is 0 Å². The number of hydrogen-bond acceptors (Lipinski definition) is 2. The molecule has 0 aliphatic rings. The summed E-state index contributed by atoms with van der Waals surface area (Å²) >= 11 is 0. The highest BCUT2D eigenvalue weighted by Gasteiger charge is 2.17. The highest BCUT2D eigenvalue weighted by Crippen LogP contribution is 2.24. The van der Waals surface area contributed by atoms with Crippen LogP contribution in [0.4, 0.5) is 0 Å². The van der Waals surface area contributed by atoms with Crippen LogP contribution in [0.1, 0.15) is 54.3 Å². The summed E-state index contributed by atoms with van der Waals surface area (Å²) < 4.78 is 0. The van der Waals surface area contributed by atoms with Gasteiger partial charge in [0.2, 0.25) is 0 Å². The monoisotopic (exact) mass is 282 g/mol. The van der Waals surface area contributed by atoms with Gasteiger partial charge in [0, 0.05) is 6.20 Å². The van der Waals surface area contributed by atoms with Crippen LogP contribution in [-0.2, 0) is 6.42 Å². The van der Waals surface area contributed by atoms with Crippen molar-refractivity contribution >= 4 is 0 Å². The Balaban J connectivity index is 2.40. The topological polar surface area (TPSA) is 24.9 Å². The minimum atomic E-state index is 0.174. The second-order valence-electron chi connectivity index (χ2n) is 5.70. The van der Waals surface area contributed by atoms with Crippen LogP contribution < -0.4 is 5.32 Å². The van der Waals surface area contributed by atoms with Gasteiger partial charge in [-0.15, -0.1) is 0 Å². The van der Waals surface area contributed by atoms with Crippen LogP contribution in [-0.4, -0.2) is 11.5 Å². The molecule has 2 nitrogen and oxygen atoms in total. The first-order valence-electron chi connectivity index (χ1n) is 7.91. The van der Waals surface area contributed by atoms with E-state index in [9.17, 15) is 0 Å². The van der Waals surface area contributed by atoms with Crippen molar-refractivity contribution in [2.75, 3.05) is 6.54 Å². The van der Waals surface area contributed by atoms with Crippen molar-refractivity contribution in [3.63, 3.8) is 0 Å². The molecule has 0 radical (unpaired) electrons. The maximum atomic E-state index is 4.69. The zero-order valence-electron chi connectivity index (χ0n) is 13.6. The second kappa shape index (κ2) is 7.37. The third-order valence-corrected chi connectivity index (χ3v) is 3.76. The predicted molar refractivity (Wildman–Crippen MR) is 89.7 cm³/mol. The molecule has 2 heteroatoms. The van der Waals surface area contributed by atoms with Crippen molar-refractivity contribution in [2.24, 2.45) is 0 Å². The van der Waals surface area contributed by atoms with E-state index in [1.54, 1.807) is 0 Å². The lowest BCUT2D eigenvalue weighted by Crippen LogP contribution is -2.24. The number of nitrogens with zero attached hydrogens (tertiary/aromatic N) is 1. The fraction of sp³-hybridized carbons (Fsp3) is 0.421. The van der Waals surface area contributed by atoms with Gasteiger partial charge < -0.3 is 5.32 Å². The summed E-state index contributed by atoms with van der Waals surface area (Å²) in [6.45, 7) is 9.54. The molecule has 0 fully saturated rings. The van der Waals surface area contributed by atoms with Crippen LogP contribution in [0.2, 0.25) is 0 Å². The number of pyridine rings is 1. The third-order valence-electron chi connectivity index (χ3n) is 3.76. The van der Waals surface area contributed by atoms with E-state index in [0.717, 1.165) is 18.7 Å². The number of hydrogen-bond donors (Lipinski definition) is 1. The van der Waals surface area contributed by atoms with Crippen molar-refractivity contribution in [2.45, 2.75) is 46.6 Å². The van der Waals surface area contributed by atoms with Gasteiger partial charge in [-0.2, -0.15) is 0 Å². The first kappa shape index (κ1) is 15.7. The Morgan fingerprint density at radius 2 is 1.95 bits per heavy atom. The average Bonchev–Trinajstić information content (AvgIpc) is 2.46. The maximum Gasteiger partial charge on any atom is 0.0754 e. The molecule has 0 saturated heterocycles. The van der Waals surface area contributed by atoms with Crippen LogP contribution >= 0.6 is 0 Å². The average molecular weight is 282 g/mol. The minimum absolute atomic E-state index is 0.174. The van der Waals surface area contributed by atoms with E-state index >= 15 is 0 Å². The fourth-order valence-electron chi connectivity index (χ4n) is 2.82. The third kappa shape index (κ3) is 3.92. The zero-order chi connectivity index (χ0) is 15.2.